The van der Waals surface area contributed by atoms with Crippen molar-refractivity contribution in [2.24, 2.45) is 5.11 Å². The van der Waals surface area contributed by atoms with E-state index in [9.17, 15) is 4.79 Å². The number of carbonyl (C=O) groups is 1. The van der Waals surface area contributed by atoms with Gasteiger partial charge < -0.3 is 5.32 Å². The number of halogens is 1. The summed E-state index contributed by atoms with van der Waals surface area (Å²) in [6, 6.07) is 11.1. The fourth-order valence-electron chi connectivity index (χ4n) is 1.74. The van der Waals surface area contributed by atoms with Crippen molar-refractivity contribution in [1.29, 1.82) is 0 Å². The topological polar surface area (TPSA) is 77.9 Å². The van der Waals surface area contributed by atoms with Gasteiger partial charge in [0.05, 0.1) is 11.4 Å². The first-order valence-corrected chi connectivity index (χ1v) is 7.50. The molecule has 0 atom stereocenters. The Hall–Kier alpha value is -2.01. The number of azide groups is 1. The lowest BCUT2D eigenvalue weighted by atomic mass is 10.1. The van der Waals surface area contributed by atoms with Crippen molar-refractivity contribution in [3.8, 4) is 0 Å². The number of rotatable bonds is 6. The van der Waals surface area contributed by atoms with Crippen LogP contribution in [0.4, 0.5) is 0 Å². The maximum Gasteiger partial charge on any atom is 0.261 e. The molecule has 0 saturated carbocycles. The number of carbonyl (C=O) groups excluding carboxylic acids is 1. The molecule has 7 heteroatoms. The van der Waals surface area contributed by atoms with Gasteiger partial charge in [-0.2, -0.15) is 0 Å². The molecular weight excluding hydrogens is 308 g/mol. The zero-order valence-corrected chi connectivity index (χ0v) is 12.7. The summed E-state index contributed by atoms with van der Waals surface area (Å²) >= 11 is 7.15. The third-order valence-electron chi connectivity index (χ3n) is 2.79. The first kappa shape index (κ1) is 15.4. The monoisotopic (exact) mass is 320 g/mol. The second-order valence-electron chi connectivity index (χ2n) is 4.29. The molecule has 0 aliphatic heterocycles. The van der Waals surface area contributed by atoms with Crippen LogP contribution in [-0.4, -0.2) is 12.5 Å². The lowest BCUT2D eigenvalue weighted by Gasteiger charge is -2.04. The van der Waals surface area contributed by atoms with Crippen LogP contribution >= 0.6 is 22.9 Å². The van der Waals surface area contributed by atoms with E-state index in [0.29, 0.717) is 16.4 Å². The zero-order chi connectivity index (χ0) is 15.1. The lowest BCUT2D eigenvalue weighted by molar-refractivity contribution is 0.0958. The van der Waals surface area contributed by atoms with Crippen molar-refractivity contribution >= 4 is 28.8 Å². The number of nitrogens with one attached hydrogen (secondary N) is 1. The minimum atomic E-state index is -0.110. The highest BCUT2D eigenvalue weighted by atomic mass is 35.5. The fraction of sp³-hybridized carbons (Fsp3) is 0.214. The van der Waals surface area contributed by atoms with Crippen LogP contribution in [-0.2, 0) is 13.0 Å². The molecule has 1 aromatic carbocycles. The van der Waals surface area contributed by atoms with E-state index in [4.69, 9.17) is 17.1 Å². The number of amides is 1. The fourth-order valence-corrected chi connectivity index (χ4v) is 2.71. The van der Waals surface area contributed by atoms with Gasteiger partial charge in [-0.05, 0) is 41.8 Å². The second-order valence-corrected chi connectivity index (χ2v) is 5.89. The Morgan fingerprint density at radius 3 is 2.76 bits per heavy atom. The SMILES string of the molecule is [N-]=[N+]=NCc1ccc(C(=O)NCCc2ccc(Cl)cc2)s1. The third-order valence-corrected chi connectivity index (χ3v) is 4.11. The highest BCUT2D eigenvalue weighted by Gasteiger charge is 2.08. The highest BCUT2D eigenvalue weighted by Crippen LogP contribution is 2.17. The predicted octanol–water partition coefficient (Wildman–Crippen LogP) is 4.18. The van der Waals surface area contributed by atoms with Crippen molar-refractivity contribution in [2.45, 2.75) is 13.0 Å². The van der Waals surface area contributed by atoms with Crippen LogP contribution in [0.25, 0.3) is 10.4 Å². The lowest BCUT2D eigenvalue weighted by Crippen LogP contribution is -2.24. The molecule has 0 aliphatic rings. The molecule has 1 heterocycles. The van der Waals surface area contributed by atoms with Gasteiger partial charge >= 0.3 is 0 Å². The predicted molar refractivity (Wildman–Crippen MR) is 84.7 cm³/mol. The summed E-state index contributed by atoms with van der Waals surface area (Å²) in [6.07, 6.45) is 0.750. The van der Waals surface area contributed by atoms with Crippen LogP contribution in [0.3, 0.4) is 0 Å². The quantitative estimate of drug-likeness (QED) is 0.483. The Labute approximate surface area is 131 Å². The normalized spacial score (nSPS) is 9.95. The minimum Gasteiger partial charge on any atom is -0.351 e. The summed E-state index contributed by atoms with van der Waals surface area (Å²) in [5.41, 5.74) is 9.38. The van der Waals surface area contributed by atoms with Crippen molar-refractivity contribution in [1.82, 2.24) is 5.32 Å². The first-order chi connectivity index (χ1) is 10.2. The van der Waals surface area contributed by atoms with Crippen LogP contribution < -0.4 is 5.32 Å². The maximum absolute atomic E-state index is 12.0. The Morgan fingerprint density at radius 1 is 1.29 bits per heavy atom. The Kier molecular flexibility index (Phi) is 5.63. The standard InChI is InChI=1S/C14H13ClN4OS/c15-11-3-1-10(2-4-11)7-8-17-14(20)13-6-5-12(21-13)9-18-19-16/h1-6H,7-9H2,(H,17,20). The van der Waals surface area contributed by atoms with E-state index in [1.54, 1.807) is 12.1 Å². The van der Waals surface area contributed by atoms with Crippen molar-refractivity contribution in [3.63, 3.8) is 0 Å². The van der Waals surface area contributed by atoms with Crippen LogP contribution in [0, 0.1) is 0 Å². The van der Waals surface area contributed by atoms with E-state index >= 15 is 0 Å². The molecular formula is C14H13ClN4OS. The summed E-state index contributed by atoms with van der Waals surface area (Å²) < 4.78 is 0. The summed E-state index contributed by atoms with van der Waals surface area (Å²) in [7, 11) is 0. The molecule has 0 spiro atoms. The molecule has 0 bridgehead atoms. The molecule has 2 aromatic rings. The molecule has 2 rings (SSSR count). The van der Waals surface area contributed by atoms with E-state index in [1.807, 2.05) is 24.3 Å². The van der Waals surface area contributed by atoms with Gasteiger partial charge in [0.15, 0.2) is 0 Å². The number of hydrogen-bond donors (Lipinski definition) is 1. The molecule has 0 fully saturated rings. The molecule has 1 aromatic heterocycles. The highest BCUT2D eigenvalue weighted by molar-refractivity contribution is 7.14. The number of thiophene rings is 1. The summed E-state index contributed by atoms with van der Waals surface area (Å²) in [5, 5.41) is 7.04. The van der Waals surface area contributed by atoms with E-state index in [0.717, 1.165) is 16.9 Å². The second kappa shape index (κ2) is 7.69. The van der Waals surface area contributed by atoms with Gasteiger partial charge in [0.1, 0.15) is 0 Å². The number of hydrogen-bond acceptors (Lipinski definition) is 3. The van der Waals surface area contributed by atoms with Crippen molar-refractivity contribution in [3.05, 3.63) is 67.2 Å². The Balaban J connectivity index is 1.82. The largest absolute Gasteiger partial charge is 0.351 e. The van der Waals surface area contributed by atoms with Gasteiger partial charge in [0, 0.05) is 21.4 Å². The molecule has 1 amide bonds. The molecule has 0 aliphatic carbocycles. The summed E-state index contributed by atoms with van der Waals surface area (Å²) in [6.45, 7) is 0.837. The molecule has 5 nitrogen and oxygen atoms in total. The molecule has 108 valence electrons. The maximum atomic E-state index is 12.0. The van der Waals surface area contributed by atoms with Gasteiger partial charge in [0.2, 0.25) is 0 Å². The third kappa shape index (κ3) is 4.79. The first-order valence-electron chi connectivity index (χ1n) is 6.31. The van der Waals surface area contributed by atoms with Crippen LogP contribution in [0.2, 0.25) is 5.02 Å². The van der Waals surface area contributed by atoms with Gasteiger partial charge in [-0.25, -0.2) is 0 Å². The van der Waals surface area contributed by atoms with E-state index < -0.39 is 0 Å². The average Bonchev–Trinajstić information content (AvgIpc) is 2.96. The summed E-state index contributed by atoms with van der Waals surface area (Å²) in [4.78, 5) is 16.1. The molecule has 1 N–H and O–H groups in total. The molecule has 21 heavy (non-hydrogen) atoms. The minimum absolute atomic E-state index is 0.110. The van der Waals surface area contributed by atoms with Gasteiger partial charge in [-0.1, -0.05) is 28.8 Å². The zero-order valence-electron chi connectivity index (χ0n) is 11.1. The smallest absolute Gasteiger partial charge is 0.261 e. The van der Waals surface area contributed by atoms with Gasteiger partial charge in [0.25, 0.3) is 5.91 Å². The summed E-state index contributed by atoms with van der Waals surface area (Å²) in [5.74, 6) is -0.110. The van der Waals surface area contributed by atoms with Crippen molar-refractivity contribution in [2.75, 3.05) is 6.54 Å². The Bertz CT molecular complexity index is 662. The van der Waals surface area contributed by atoms with Crippen molar-refractivity contribution < 1.29 is 4.79 Å². The molecule has 0 unspecified atom stereocenters. The average molecular weight is 321 g/mol. The van der Waals surface area contributed by atoms with E-state index in [1.165, 1.54) is 11.3 Å². The van der Waals surface area contributed by atoms with Crippen LogP contribution in [0.1, 0.15) is 20.1 Å². The van der Waals surface area contributed by atoms with Crippen LogP contribution in [0.5, 0.6) is 0 Å². The van der Waals surface area contributed by atoms with E-state index in [-0.39, 0.29) is 12.5 Å². The van der Waals surface area contributed by atoms with Gasteiger partial charge in [-0.15, -0.1) is 11.3 Å². The molecule has 0 radical (unpaired) electrons. The number of nitrogens with zero attached hydrogens (tertiary/aromatic N) is 3. The van der Waals surface area contributed by atoms with E-state index in [2.05, 4.69) is 15.3 Å². The number of benzene rings is 1. The van der Waals surface area contributed by atoms with Gasteiger partial charge in [-0.3, -0.25) is 4.79 Å². The Morgan fingerprint density at radius 2 is 2.05 bits per heavy atom. The molecule has 0 saturated heterocycles. The van der Waals surface area contributed by atoms with Crippen LogP contribution in [0.15, 0.2) is 41.5 Å².